The molecule has 0 heterocycles. The molecule has 0 bridgehead atoms. The van der Waals surface area contributed by atoms with Crippen LogP contribution < -0.4 is 5.73 Å². The van der Waals surface area contributed by atoms with Gasteiger partial charge in [-0.1, -0.05) is 32.9 Å². The van der Waals surface area contributed by atoms with Crippen LogP contribution >= 0.6 is 0 Å². The molecule has 2 N–H and O–H groups in total. The molecule has 1 aromatic carbocycles. The van der Waals surface area contributed by atoms with Crippen molar-refractivity contribution in [2.24, 2.45) is 11.1 Å². The number of nitrogens with zero attached hydrogens (tertiary/aromatic N) is 1. The summed E-state index contributed by atoms with van der Waals surface area (Å²) in [6.07, 6.45) is 0. The van der Waals surface area contributed by atoms with Crippen LogP contribution in [0.15, 0.2) is 18.2 Å². The van der Waals surface area contributed by atoms with Gasteiger partial charge in [-0.05, 0) is 49.5 Å². The summed E-state index contributed by atoms with van der Waals surface area (Å²) in [5.41, 5.74) is 7.60. The first kappa shape index (κ1) is 16.1. The van der Waals surface area contributed by atoms with Gasteiger partial charge in [0.1, 0.15) is 5.82 Å². The van der Waals surface area contributed by atoms with Crippen LogP contribution in [0.3, 0.4) is 0 Å². The van der Waals surface area contributed by atoms with E-state index >= 15 is 0 Å². The van der Waals surface area contributed by atoms with Gasteiger partial charge < -0.3 is 5.73 Å². The number of aryl methyl sites for hydroxylation is 1. The molecule has 0 aromatic heterocycles. The average molecular weight is 266 g/mol. The number of hydrogen-bond acceptors (Lipinski definition) is 2. The molecule has 1 atom stereocenters. The second-order valence-electron chi connectivity index (χ2n) is 6.12. The van der Waals surface area contributed by atoms with E-state index < -0.39 is 0 Å². The Morgan fingerprint density at radius 1 is 1.37 bits per heavy atom. The minimum Gasteiger partial charge on any atom is -0.330 e. The monoisotopic (exact) mass is 266 g/mol. The van der Waals surface area contributed by atoms with Gasteiger partial charge in [0.2, 0.25) is 0 Å². The van der Waals surface area contributed by atoms with E-state index in [9.17, 15) is 4.39 Å². The van der Waals surface area contributed by atoms with Crippen molar-refractivity contribution in [3.63, 3.8) is 0 Å². The van der Waals surface area contributed by atoms with Gasteiger partial charge in [0.15, 0.2) is 0 Å². The second-order valence-corrected chi connectivity index (χ2v) is 6.12. The zero-order valence-corrected chi connectivity index (χ0v) is 12.8. The van der Waals surface area contributed by atoms with Gasteiger partial charge in [0.25, 0.3) is 0 Å². The summed E-state index contributed by atoms with van der Waals surface area (Å²) in [6.45, 7) is 12.9. The Bertz CT molecular complexity index is 415. The van der Waals surface area contributed by atoms with E-state index in [4.69, 9.17) is 5.73 Å². The quantitative estimate of drug-likeness (QED) is 0.854. The van der Waals surface area contributed by atoms with Gasteiger partial charge in [0, 0.05) is 12.6 Å². The highest BCUT2D eigenvalue weighted by molar-refractivity contribution is 5.25. The smallest absolute Gasteiger partial charge is 0.126 e. The topological polar surface area (TPSA) is 29.3 Å². The molecule has 1 rings (SSSR count). The van der Waals surface area contributed by atoms with Crippen molar-refractivity contribution in [1.82, 2.24) is 4.90 Å². The zero-order valence-electron chi connectivity index (χ0n) is 12.8. The van der Waals surface area contributed by atoms with Crippen molar-refractivity contribution in [1.29, 1.82) is 0 Å². The van der Waals surface area contributed by atoms with Crippen LogP contribution in [0.1, 0.15) is 44.9 Å². The number of halogens is 1. The molecule has 0 fully saturated rings. The lowest BCUT2D eigenvalue weighted by atomic mass is 9.91. The Hall–Kier alpha value is -0.930. The van der Waals surface area contributed by atoms with E-state index in [2.05, 4.69) is 32.6 Å². The highest BCUT2D eigenvalue weighted by atomic mass is 19.1. The maximum atomic E-state index is 13.7. The van der Waals surface area contributed by atoms with Crippen molar-refractivity contribution >= 4 is 0 Å². The molecule has 0 amide bonds. The van der Waals surface area contributed by atoms with E-state index in [0.717, 1.165) is 18.7 Å². The molecular weight excluding hydrogens is 239 g/mol. The summed E-state index contributed by atoms with van der Waals surface area (Å²) in [5, 5.41) is 0. The lowest BCUT2D eigenvalue weighted by Gasteiger charge is -2.35. The van der Waals surface area contributed by atoms with E-state index in [0.29, 0.717) is 12.1 Å². The Labute approximate surface area is 116 Å². The summed E-state index contributed by atoms with van der Waals surface area (Å²) in [5.74, 6) is -0.126. The third-order valence-electron chi connectivity index (χ3n) is 3.82. The molecule has 0 spiro atoms. The molecular formula is C16H27FN2. The van der Waals surface area contributed by atoms with Crippen LogP contribution in [0.25, 0.3) is 0 Å². The van der Waals surface area contributed by atoms with Crippen LogP contribution in [-0.4, -0.2) is 24.5 Å². The van der Waals surface area contributed by atoms with Crippen molar-refractivity contribution in [2.45, 2.75) is 40.7 Å². The SMILES string of the molecule is CCN(CC(C)(C)CN)C(C)c1ccc(C)c(F)c1. The normalized spacial score (nSPS) is 13.9. The maximum absolute atomic E-state index is 13.7. The largest absolute Gasteiger partial charge is 0.330 e. The van der Waals surface area contributed by atoms with Crippen LogP contribution in [0.5, 0.6) is 0 Å². The minimum atomic E-state index is -0.126. The van der Waals surface area contributed by atoms with Crippen molar-refractivity contribution in [2.75, 3.05) is 19.6 Å². The zero-order chi connectivity index (χ0) is 14.6. The van der Waals surface area contributed by atoms with Crippen molar-refractivity contribution < 1.29 is 4.39 Å². The van der Waals surface area contributed by atoms with Crippen molar-refractivity contribution in [3.05, 3.63) is 35.1 Å². The summed E-state index contributed by atoms with van der Waals surface area (Å²) in [7, 11) is 0. The number of benzene rings is 1. The van der Waals surface area contributed by atoms with Gasteiger partial charge in [0.05, 0.1) is 0 Å². The maximum Gasteiger partial charge on any atom is 0.126 e. The third-order valence-corrected chi connectivity index (χ3v) is 3.82. The fourth-order valence-corrected chi connectivity index (χ4v) is 2.22. The van der Waals surface area contributed by atoms with Gasteiger partial charge in [-0.15, -0.1) is 0 Å². The highest BCUT2D eigenvalue weighted by Crippen LogP contribution is 2.25. The fourth-order valence-electron chi connectivity index (χ4n) is 2.22. The molecule has 0 aliphatic carbocycles. The molecule has 0 aliphatic heterocycles. The van der Waals surface area contributed by atoms with Crippen LogP contribution in [0.4, 0.5) is 4.39 Å². The molecule has 3 heteroatoms. The Kier molecular flexibility index (Phi) is 5.50. The van der Waals surface area contributed by atoms with Gasteiger partial charge in [-0.2, -0.15) is 0 Å². The molecule has 19 heavy (non-hydrogen) atoms. The van der Waals surface area contributed by atoms with Crippen LogP contribution in [-0.2, 0) is 0 Å². The van der Waals surface area contributed by atoms with Gasteiger partial charge >= 0.3 is 0 Å². The standard InChI is InChI=1S/C16H27FN2/c1-6-19(11-16(4,5)10-18)13(3)14-8-7-12(2)15(17)9-14/h7-9,13H,6,10-11,18H2,1-5H3. The van der Waals surface area contributed by atoms with Crippen molar-refractivity contribution in [3.8, 4) is 0 Å². The molecule has 0 aliphatic rings. The summed E-state index contributed by atoms with van der Waals surface area (Å²) in [4.78, 5) is 2.34. The lowest BCUT2D eigenvalue weighted by Crippen LogP contribution is -2.40. The first-order valence-corrected chi connectivity index (χ1v) is 7.01. The first-order valence-electron chi connectivity index (χ1n) is 7.01. The van der Waals surface area contributed by atoms with Crippen LogP contribution in [0, 0.1) is 18.2 Å². The molecule has 108 valence electrons. The highest BCUT2D eigenvalue weighted by Gasteiger charge is 2.23. The molecule has 0 saturated heterocycles. The molecule has 2 nitrogen and oxygen atoms in total. The predicted molar refractivity (Wildman–Crippen MR) is 79.6 cm³/mol. The Morgan fingerprint density at radius 3 is 2.47 bits per heavy atom. The van der Waals surface area contributed by atoms with Gasteiger partial charge in [-0.25, -0.2) is 4.39 Å². The fraction of sp³-hybridized carbons (Fsp3) is 0.625. The molecule has 1 unspecified atom stereocenters. The van der Waals surface area contributed by atoms with Gasteiger partial charge in [-0.3, -0.25) is 4.90 Å². The third kappa shape index (κ3) is 4.29. The van der Waals surface area contributed by atoms with Crippen LogP contribution in [0.2, 0.25) is 0 Å². The summed E-state index contributed by atoms with van der Waals surface area (Å²) in [6, 6.07) is 5.72. The Morgan fingerprint density at radius 2 is 2.00 bits per heavy atom. The lowest BCUT2D eigenvalue weighted by molar-refractivity contribution is 0.147. The first-order chi connectivity index (χ1) is 8.80. The number of nitrogens with two attached hydrogens (primary N) is 1. The Balaban J connectivity index is 2.89. The van der Waals surface area contributed by atoms with E-state index in [1.165, 1.54) is 0 Å². The summed E-state index contributed by atoms with van der Waals surface area (Å²) < 4.78 is 13.7. The number of hydrogen-bond donors (Lipinski definition) is 1. The predicted octanol–water partition coefficient (Wildman–Crippen LogP) is 3.50. The minimum absolute atomic E-state index is 0.0769. The molecule has 0 radical (unpaired) electrons. The molecule has 0 saturated carbocycles. The van der Waals surface area contributed by atoms with E-state index in [-0.39, 0.29) is 17.3 Å². The second kappa shape index (κ2) is 6.49. The summed E-state index contributed by atoms with van der Waals surface area (Å²) >= 11 is 0. The molecule has 1 aromatic rings. The number of rotatable bonds is 6. The average Bonchev–Trinajstić information content (AvgIpc) is 2.38. The van der Waals surface area contributed by atoms with E-state index in [1.807, 2.05) is 12.1 Å². The van der Waals surface area contributed by atoms with E-state index in [1.54, 1.807) is 13.0 Å².